The van der Waals surface area contributed by atoms with Gasteiger partial charge in [0.1, 0.15) is 5.60 Å². The minimum absolute atomic E-state index is 0.0176. The van der Waals surface area contributed by atoms with E-state index in [1.54, 1.807) is 0 Å². The summed E-state index contributed by atoms with van der Waals surface area (Å²) in [6, 6.07) is 0. The maximum absolute atomic E-state index is 11.5. The Morgan fingerprint density at radius 3 is 2.62 bits per heavy atom. The fraction of sp³-hybridized carbons (Fsp3) is 0.917. The van der Waals surface area contributed by atoms with Gasteiger partial charge < -0.3 is 14.4 Å². The molecule has 2 rings (SSSR count). The highest BCUT2D eigenvalue weighted by Crippen LogP contribution is 2.29. The maximum atomic E-state index is 11.5. The van der Waals surface area contributed by atoms with E-state index >= 15 is 0 Å². The van der Waals surface area contributed by atoms with E-state index in [1.807, 2.05) is 6.92 Å². The molecule has 0 bridgehead atoms. The third kappa shape index (κ3) is 2.95. The van der Waals surface area contributed by atoms with Crippen LogP contribution in [-0.4, -0.2) is 49.3 Å². The van der Waals surface area contributed by atoms with Gasteiger partial charge in [-0.25, -0.2) is 0 Å². The first-order chi connectivity index (χ1) is 7.63. The third-order valence-corrected chi connectivity index (χ3v) is 3.40. The van der Waals surface area contributed by atoms with Gasteiger partial charge >= 0.3 is 5.97 Å². The molecule has 0 aromatic carbocycles. The molecule has 0 spiro atoms. The molecular formula is C12H21NO3. The predicted octanol–water partition coefficient (Wildman–Crippen LogP) is 1.05. The second-order valence-electron chi connectivity index (χ2n) is 5.04. The Morgan fingerprint density at radius 2 is 2.12 bits per heavy atom. The monoisotopic (exact) mass is 227 g/mol. The van der Waals surface area contributed by atoms with Crippen LogP contribution in [0.25, 0.3) is 0 Å². The van der Waals surface area contributed by atoms with Crippen LogP contribution >= 0.6 is 0 Å². The Hall–Kier alpha value is -0.610. The zero-order valence-corrected chi connectivity index (χ0v) is 10.2. The number of hydrogen-bond donors (Lipinski definition) is 0. The first kappa shape index (κ1) is 11.9. The van der Waals surface area contributed by atoms with Gasteiger partial charge in [-0.15, -0.1) is 0 Å². The van der Waals surface area contributed by atoms with Gasteiger partial charge in [0.15, 0.2) is 0 Å². The van der Waals surface area contributed by atoms with Crippen molar-refractivity contribution in [2.45, 2.75) is 32.3 Å². The highest BCUT2D eigenvalue weighted by Gasteiger charge is 2.41. The summed E-state index contributed by atoms with van der Waals surface area (Å²) in [7, 11) is 0. The van der Waals surface area contributed by atoms with Crippen molar-refractivity contribution in [2.75, 3.05) is 32.8 Å². The maximum Gasteiger partial charge on any atom is 0.309 e. The highest BCUT2D eigenvalue weighted by atomic mass is 16.6. The number of epoxide rings is 1. The van der Waals surface area contributed by atoms with Gasteiger partial charge in [-0.3, -0.25) is 4.79 Å². The van der Waals surface area contributed by atoms with E-state index in [0.29, 0.717) is 6.61 Å². The van der Waals surface area contributed by atoms with Crippen LogP contribution in [0.4, 0.5) is 0 Å². The quantitative estimate of drug-likeness (QED) is 0.532. The first-order valence-electron chi connectivity index (χ1n) is 6.16. The van der Waals surface area contributed by atoms with Gasteiger partial charge in [-0.2, -0.15) is 0 Å². The Bertz CT molecular complexity index is 255. The summed E-state index contributed by atoms with van der Waals surface area (Å²) >= 11 is 0. The molecule has 2 heterocycles. The van der Waals surface area contributed by atoms with Crippen LogP contribution in [0.1, 0.15) is 26.7 Å². The molecule has 0 N–H and O–H groups in total. The van der Waals surface area contributed by atoms with Crippen molar-refractivity contribution >= 4 is 5.97 Å². The minimum Gasteiger partial charge on any atom is -0.466 e. The lowest BCUT2D eigenvalue weighted by Gasteiger charge is -2.31. The van der Waals surface area contributed by atoms with E-state index in [1.165, 1.54) is 0 Å². The Labute approximate surface area is 96.9 Å². The van der Waals surface area contributed by atoms with Gasteiger partial charge in [-0.05, 0) is 39.8 Å². The lowest BCUT2D eigenvalue weighted by Crippen LogP contribution is -2.41. The average molecular weight is 227 g/mol. The summed E-state index contributed by atoms with van der Waals surface area (Å²) in [4.78, 5) is 13.9. The van der Waals surface area contributed by atoms with Crippen molar-refractivity contribution in [3.63, 3.8) is 0 Å². The molecule has 2 aliphatic heterocycles. The molecule has 1 atom stereocenters. The topological polar surface area (TPSA) is 42.1 Å². The molecule has 0 aromatic heterocycles. The van der Waals surface area contributed by atoms with Crippen LogP contribution in [0.2, 0.25) is 0 Å². The van der Waals surface area contributed by atoms with Gasteiger partial charge in [0.25, 0.3) is 0 Å². The zero-order chi connectivity index (χ0) is 11.6. The van der Waals surface area contributed by atoms with E-state index in [4.69, 9.17) is 9.47 Å². The smallest absolute Gasteiger partial charge is 0.309 e. The van der Waals surface area contributed by atoms with Crippen LogP contribution in [0, 0.1) is 5.92 Å². The first-order valence-corrected chi connectivity index (χ1v) is 6.16. The Kier molecular flexibility index (Phi) is 3.50. The van der Waals surface area contributed by atoms with E-state index in [-0.39, 0.29) is 17.5 Å². The summed E-state index contributed by atoms with van der Waals surface area (Å²) in [5.41, 5.74) is 0.0940. The molecule has 92 valence electrons. The Morgan fingerprint density at radius 1 is 1.50 bits per heavy atom. The molecule has 0 amide bonds. The van der Waals surface area contributed by atoms with Crippen LogP contribution in [0.5, 0.6) is 0 Å². The summed E-state index contributed by atoms with van der Waals surface area (Å²) in [6.45, 7) is 8.35. The molecule has 2 aliphatic rings. The standard InChI is InChI=1S/C12H21NO3/c1-3-15-11(14)10-4-6-13(7-5-10)8-12(2)9-16-12/h10H,3-9H2,1-2H3. The fourth-order valence-electron chi connectivity index (χ4n) is 2.27. The molecular weight excluding hydrogens is 206 g/mol. The number of piperidine rings is 1. The van der Waals surface area contributed by atoms with Crippen molar-refractivity contribution in [3.8, 4) is 0 Å². The second kappa shape index (κ2) is 4.72. The number of carbonyl (C=O) groups is 1. The van der Waals surface area contributed by atoms with Gasteiger partial charge in [0.2, 0.25) is 0 Å². The van der Waals surface area contributed by atoms with Gasteiger partial charge in [0, 0.05) is 6.54 Å². The van der Waals surface area contributed by atoms with Crippen LogP contribution in [0.15, 0.2) is 0 Å². The van der Waals surface area contributed by atoms with Crippen molar-refractivity contribution in [1.82, 2.24) is 4.90 Å². The molecule has 0 aliphatic carbocycles. The molecule has 2 saturated heterocycles. The number of ether oxygens (including phenoxy) is 2. The van der Waals surface area contributed by atoms with E-state index in [9.17, 15) is 4.79 Å². The van der Waals surface area contributed by atoms with Crippen LogP contribution < -0.4 is 0 Å². The largest absolute Gasteiger partial charge is 0.466 e. The number of hydrogen-bond acceptors (Lipinski definition) is 4. The predicted molar refractivity (Wildman–Crippen MR) is 60.2 cm³/mol. The van der Waals surface area contributed by atoms with Crippen molar-refractivity contribution in [2.24, 2.45) is 5.92 Å². The average Bonchev–Trinajstić information content (AvgIpc) is 2.97. The van der Waals surface area contributed by atoms with E-state index in [2.05, 4.69) is 11.8 Å². The summed E-state index contributed by atoms with van der Waals surface area (Å²) in [5.74, 6) is 0.0974. The molecule has 4 heteroatoms. The molecule has 0 saturated carbocycles. The van der Waals surface area contributed by atoms with E-state index in [0.717, 1.165) is 39.1 Å². The molecule has 16 heavy (non-hydrogen) atoms. The van der Waals surface area contributed by atoms with Gasteiger partial charge in [-0.1, -0.05) is 0 Å². The number of nitrogens with zero attached hydrogens (tertiary/aromatic N) is 1. The highest BCUT2D eigenvalue weighted by molar-refractivity contribution is 5.72. The normalized spacial score (nSPS) is 31.4. The van der Waals surface area contributed by atoms with Crippen molar-refractivity contribution < 1.29 is 14.3 Å². The lowest BCUT2D eigenvalue weighted by atomic mass is 9.96. The Balaban J connectivity index is 1.71. The zero-order valence-electron chi connectivity index (χ0n) is 10.2. The molecule has 0 aromatic rings. The van der Waals surface area contributed by atoms with Crippen LogP contribution in [0.3, 0.4) is 0 Å². The summed E-state index contributed by atoms with van der Waals surface area (Å²) < 4.78 is 10.4. The van der Waals surface area contributed by atoms with Crippen LogP contribution in [-0.2, 0) is 14.3 Å². The molecule has 2 fully saturated rings. The van der Waals surface area contributed by atoms with Crippen molar-refractivity contribution in [3.05, 3.63) is 0 Å². The number of rotatable bonds is 4. The molecule has 4 nitrogen and oxygen atoms in total. The van der Waals surface area contributed by atoms with E-state index < -0.39 is 0 Å². The number of carbonyl (C=O) groups excluding carboxylic acids is 1. The minimum atomic E-state index is -0.0176. The van der Waals surface area contributed by atoms with Gasteiger partial charge in [0.05, 0.1) is 19.1 Å². The number of esters is 1. The van der Waals surface area contributed by atoms with Crippen molar-refractivity contribution in [1.29, 1.82) is 0 Å². The third-order valence-electron chi connectivity index (χ3n) is 3.40. The lowest BCUT2D eigenvalue weighted by molar-refractivity contribution is -0.149. The summed E-state index contributed by atoms with van der Waals surface area (Å²) in [5, 5.41) is 0. The molecule has 0 radical (unpaired) electrons. The fourth-order valence-corrected chi connectivity index (χ4v) is 2.27. The summed E-state index contributed by atoms with van der Waals surface area (Å²) in [6.07, 6.45) is 1.85. The SMILES string of the molecule is CCOC(=O)C1CCN(CC2(C)CO2)CC1. The number of likely N-dealkylation sites (tertiary alicyclic amines) is 1. The second-order valence-corrected chi connectivity index (χ2v) is 5.04. The molecule has 1 unspecified atom stereocenters.